The number of nitrogens with zero attached hydrogens (tertiary/aromatic N) is 1. The highest BCUT2D eigenvalue weighted by Crippen LogP contribution is 2.38. The first kappa shape index (κ1) is 14.9. The van der Waals surface area contributed by atoms with Crippen LogP contribution in [0.1, 0.15) is 25.7 Å². The van der Waals surface area contributed by atoms with Crippen molar-refractivity contribution in [1.29, 1.82) is 0 Å². The average molecular weight is 332 g/mol. The van der Waals surface area contributed by atoms with Crippen LogP contribution in [0.4, 0.5) is 0 Å². The van der Waals surface area contributed by atoms with Crippen LogP contribution < -0.4 is 5.56 Å². The molecule has 3 heterocycles. The van der Waals surface area contributed by atoms with Gasteiger partial charge >= 0.3 is 0 Å². The zero-order valence-corrected chi connectivity index (χ0v) is 13.8. The van der Waals surface area contributed by atoms with E-state index in [4.69, 9.17) is 0 Å². The highest BCUT2D eigenvalue weighted by molar-refractivity contribution is 7.92. The monoisotopic (exact) mass is 332 g/mol. The zero-order chi connectivity index (χ0) is 16.2. The van der Waals surface area contributed by atoms with Gasteiger partial charge in [0.15, 0.2) is 9.84 Å². The van der Waals surface area contributed by atoms with Crippen LogP contribution in [0.3, 0.4) is 0 Å². The van der Waals surface area contributed by atoms with Gasteiger partial charge in [-0.15, -0.1) is 0 Å². The van der Waals surface area contributed by atoms with Crippen molar-refractivity contribution in [3.63, 3.8) is 0 Å². The molecule has 2 unspecified atom stereocenters. The molecule has 122 valence electrons. The van der Waals surface area contributed by atoms with Gasteiger partial charge in [0.05, 0.1) is 10.1 Å². The summed E-state index contributed by atoms with van der Waals surface area (Å²) in [5.74, 6) is 0. The van der Waals surface area contributed by atoms with E-state index in [1.165, 1.54) is 6.07 Å². The topological polar surface area (TPSA) is 70.2 Å². The predicted molar refractivity (Wildman–Crippen MR) is 89.3 cm³/mol. The summed E-state index contributed by atoms with van der Waals surface area (Å²) in [6.07, 6.45) is 3.65. The first-order valence-electron chi connectivity index (χ1n) is 8.04. The Bertz CT molecular complexity index is 905. The molecule has 0 amide bonds. The number of pyridine rings is 1. The minimum Gasteiger partial charge on any atom is -0.322 e. The van der Waals surface area contributed by atoms with Crippen LogP contribution in [0, 0.1) is 0 Å². The lowest BCUT2D eigenvalue weighted by molar-refractivity contribution is 0.180. The molecule has 1 aromatic carbocycles. The lowest BCUT2D eigenvalue weighted by atomic mass is 10.0. The zero-order valence-electron chi connectivity index (χ0n) is 13.0. The van der Waals surface area contributed by atoms with E-state index < -0.39 is 9.84 Å². The fourth-order valence-electron chi connectivity index (χ4n) is 4.12. The molecule has 2 bridgehead atoms. The Hall–Kier alpha value is -1.66. The first-order chi connectivity index (χ1) is 10.9. The van der Waals surface area contributed by atoms with Gasteiger partial charge in [-0.3, -0.25) is 4.79 Å². The van der Waals surface area contributed by atoms with E-state index in [-0.39, 0.29) is 10.8 Å². The second-order valence-corrected chi connectivity index (χ2v) is 8.99. The van der Waals surface area contributed by atoms with E-state index in [2.05, 4.69) is 16.9 Å². The third kappa shape index (κ3) is 2.40. The number of aromatic nitrogens is 1. The molecule has 1 aromatic heterocycles. The largest absolute Gasteiger partial charge is 0.322 e. The van der Waals surface area contributed by atoms with Gasteiger partial charge in [-0.1, -0.05) is 0 Å². The smallest absolute Gasteiger partial charge is 0.248 e. The van der Waals surface area contributed by atoms with E-state index in [0.29, 0.717) is 22.5 Å². The molecule has 2 saturated heterocycles. The van der Waals surface area contributed by atoms with Crippen LogP contribution in [0.25, 0.3) is 10.9 Å². The minimum absolute atomic E-state index is 0.181. The number of rotatable bonds is 2. The molecular weight excluding hydrogens is 312 g/mol. The minimum atomic E-state index is -3.33. The van der Waals surface area contributed by atoms with Crippen LogP contribution in [0.15, 0.2) is 40.0 Å². The van der Waals surface area contributed by atoms with E-state index in [1.54, 1.807) is 24.3 Å². The summed E-state index contributed by atoms with van der Waals surface area (Å²) in [4.78, 5) is 16.8. The standard InChI is InChI=1S/C17H20N2O3S/c1-19-12-3-4-13(19)10-15(9-12)23(21,22)14-5-6-16-11(8-14)2-7-17(20)18-16/h2,5-8,12-13,15H,3-4,9-10H2,1H3,(H,18,20). The van der Waals surface area contributed by atoms with Crippen LogP contribution in [0.2, 0.25) is 0 Å². The molecule has 0 radical (unpaired) electrons. The molecule has 0 spiro atoms. The lowest BCUT2D eigenvalue weighted by Gasteiger charge is -2.35. The number of nitrogens with one attached hydrogen (secondary N) is 1. The maximum absolute atomic E-state index is 13.0. The number of hydrogen-bond donors (Lipinski definition) is 1. The molecule has 6 heteroatoms. The van der Waals surface area contributed by atoms with Gasteiger partial charge in [-0.2, -0.15) is 0 Å². The second kappa shape index (κ2) is 5.18. The van der Waals surface area contributed by atoms with Crippen LogP contribution in [0.5, 0.6) is 0 Å². The van der Waals surface area contributed by atoms with Crippen molar-refractivity contribution in [2.75, 3.05) is 7.05 Å². The van der Waals surface area contributed by atoms with Crippen molar-refractivity contribution >= 4 is 20.7 Å². The maximum Gasteiger partial charge on any atom is 0.248 e. The third-order valence-corrected chi connectivity index (χ3v) is 7.69. The Morgan fingerprint density at radius 2 is 1.78 bits per heavy atom. The van der Waals surface area contributed by atoms with Crippen molar-refractivity contribution in [1.82, 2.24) is 9.88 Å². The number of hydrogen-bond acceptors (Lipinski definition) is 4. The summed E-state index contributed by atoms with van der Waals surface area (Å²) < 4.78 is 26.1. The van der Waals surface area contributed by atoms with Gasteiger partial charge in [0.2, 0.25) is 5.56 Å². The number of aromatic amines is 1. The van der Waals surface area contributed by atoms with Gasteiger partial charge in [0, 0.05) is 23.7 Å². The van der Waals surface area contributed by atoms with E-state index in [1.807, 2.05) is 0 Å². The lowest BCUT2D eigenvalue weighted by Crippen LogP contribution is -2.44. The molecule has 0 saturated carbocycles. The van der Waals surface area contributed by atoms with Gasteiger partial charge < -0.3 is 9.88 Å². The Morgan fingerprint density at radius 1 is 1.09 bits per heavy atom. The molecule has 2 fully saturated rings. The Morgan fingerprint density at radius 3 is 2.48 bits per heavy atom. The molecule has 0 aliphatic carbocycles. The molecule has 2 aliphatic rings. The van der Waals surface area contributed by atoms with Gasteiger partial charge in [-0.05, 0) is 62.4 Å². The summed E-state index contributed by atoms with van der Waals surface area (Å²) in [5.41, 5.74) is 0.486. The second-order valence-electron chi connectivity index (χ2n) is 6.76. The van der Waals surface area contributed by atoms with Crippen molar-refractivity contribution in [3.8, 4) is 0 Å². The van der Waals surface area contributed by atoms with Crippen molar-refractivity contribution in [3.05, 3.63) is 40.7 Å². The number of fused-ring (bicyclic) bond motifs is 3. The third-order valence-electron chi connectivity index (χ3n) is 5.52. The van der Waals surface area contributed by atoms with Crippen molar-refractivity contribution in [2.24, 2.45) is 0 Å². The quantitative estimate of drug-likeness (QED) is 0.912. The highest BCUT2D eigenvalue weighted by Gasteiger charge is 2.43. The molecule has 1 N–H and O–H groups in total. The van der Waals surface area contributed by atoms with Crippen LogP contribution >= 0.6 is 0 Å². The Balaban J connectivity index is 1.71. The Kier molecular flexibility index (Phi) is 3.35. The molecule has 2 aromatic rings. The first-order valence-corrected chi connectivity index (χ1v) is 9.59. The summed E-state index contributed by atoms with van der Waals surface area (Å²) in [6.45, 7) is 0. The average Bonchev–Trinajstić information content (AvgIpc) is 2.75. The van der Waals surface area contributed by atoms with Crippen LogP contribution in [-0.4, -0.2) is 42.7 Å². The summed E-state index contributed by atoms with van der Waals surface area (Å²) in [5, 5.41) is 0.456. The molecule has 2 aliphatic heterocycles. The van der Waals surface area contributed by atoms with Crippen molar-refractivity contribution in [2.45, 2.75) is 47.9 Å². The number of piperidine rings is 1. The SMILES string of the molecule is CN1C2CCC1CC(S(=O)(=O)c1ccc3[nH]c(=O)ccc3c1)C2. The summed E-state index contributed by atoms with van der Waals surface area (Å²) in [7, 11) is -1.22. The highest BCUT2D eigenvalue weighted by atomic mass is 32.2. The number of benzene rings is 1. The summed E-state index contributed by atoms with van der Waals surface area (Å²) in [6, 6.07) is 8.87. The normalized spacial score (nSPS) is 28.3. The molecule has 23 heavy (non-hydrogen) atoms. The van der Waals surface area contributed by atoms with Crippen molar-refractivity contribution < 1.29 is 8.42 Å². The number of sulfone groups is 1. The van der Waals surface area contributed by atoms with Crippen LogP contribution in [-0.2, 0) is 9.84 Å². The number of H-pyrrole nitrogens is 1. The van der Waals surface area contributed by atoms with E-state index >= 15 is 0 Å². The molecule has 5 nitrogen and oxygen atoms in total. The van der Waals surface area contributed by atoms with Gasteiger partial charge in [-0.25, -0.2) is 8.42 Å². The van der Waals surface area contributed by atoms with E-state index in [9.17, 15) is 13.2 Å². The van der Waals surface area contributed by atoms with Gasteiger partial charge in [0.25, 0.3) is 0 Å². The fourth-order valence-corrected chi connectivity index (χ4v) is 6.00. The summed E-state index contributed by atoms with van der Waals surface area (Å²) >= 11 is 0. The Labute approximate surface area is 135 Å². The maximum atomic E-state index is 13.0. The molecule has 4 rings (SSSR count). The predicted octanol–water partition coefficient (Wildman–Crippen LogP) is 1.93. The molecule has 2 atom stereocenters. The fraction of sp³-hybridized carbons (Fsp3) is 0.471. The van der Waals surface area contributed by atoms with Gasteiger partial charge in [0.1, 0.15) is 0 Å². The molecular formula is C17H20N2O3S. The van der Waals surface area contributed by atoms with E-state index in [0.717, 1.165) is 31.1 Å².